The molecule has 0 spiro atoms. The highest BCUT2D eigenvalue weighted by Gasteiger charge is 2.22. The molecule has 1 unspecified atom stereocenters. The van der Waals surface area contributed by atoms with Crippen LogP contribution < -0.4 is 10.2 Å². The maximum atomic E-state index is 12.1. The van der Waals surface area contributed by atoms with E-state index in [0.29, 0.717) is 10.6 Å². The van der Waals surface area contributed by atoms with Crippen LogP contribution >= 0.6 is 11.3 Å². The topological polar surface area (TPSA) is 71.9 Å². The minimum Gasteiger partial charge on any atom is -0.390 e. The molecule has 0 radical (unpaired) electrons. The third-order valence-electron chi connectivity index (χ3n) is 5.83. The van der Waals surface area contributed by atoms with Crippen LogP contribution in [-0.2, 0) is 0 Å². The van der Waals surface area contributed by atoms with Crippen LogP contribution in [0.4, 0.5) is 11.5 Å². The number of carbonyl (C=O) groups excluding carboxylic acids is 1. The second-order valence-corrected chi connectivity index (χ2v) is 9.09. The van der Waals surface area contributed by atoms with Crippen LogP contribution in [0, 0.1) is 0 Å². The molecule has 162 valence electrons. The number of hydrogen-bond acceptors (Lipinski definition) is 7. The minimum atomic E-state index is -0.279. The Bertz CT molecular complexity index is 784. The summed E-state index contributed by atoms with van der Waals surface area (Å²) in [7, 11) is 0. The van der Waals surface area contributed by atoms with E-state index in [1.54, 1.807) is 6.20 Å². The maximum Gasteiger partial charge on any atom is 0.265 e. The van der Waals surface area contributed by atoms with E-state index < -0.39 is 0 Å². The highest BCUT2D eigenvalue weighted by Crippen LogP contribution is 2.18. The first-order valence-corrected chi connectivity index (χ1v) is 11.7. The van der Waals surface area contributed by atoms with Gasteiger partial charge in [-0.05, 0) is 49.5 Å². The van der Waals surface area contributed by atoms with Crippen molar-refractivity contribution in [3.05, 3.63) is 40.7 Å². The molecule has 0 aromatic carbocycles. The predicted octanol–water partition coefficient (Wildman–Crippen LogP) is 2.36. The van der Waals surface area contributed by atoms with Gasteiger partial charge in [0.2, 0.25) is 0 Å². The minimum absolute atomic E-state index is 0.101. The van der Waals surface area contributed by atoms with Gasteiger partial charge in [0.1, 0.15) is 5.82 Å². The lowest BCUT2D eigenvalue weighted by atomic mass is 10.1. The summed E-state index contributed by atoms with van der Waals surface area (Å²) in [5.41, 5.74) is 0.705. The van der Waals surface area contributed by atoms with E-state index in [1.165, 1.54) is 30.6 Å². The van der Waals surface area contributed by atoms with Crippen molar-refractivity contribution in [2.45, 2.75) is 25.4 Å². The Kier molecular flexibility index (Phi) is 7.33. The van der Waals surface area contributed by atoms with E-state index in [2.05, 4.69) is 25.0 Å². The molecular formula is C22H31N5O2S. The lowest BCUT2D eigenvalue weighted by Crippen LogP contribution is -2.50. The van der Waals surface area contributed by atoms with Crippen LogP contribution in [0.1, 0.15) is 28.9 Å². The quantitative estimate of drug-likeness (QED) is 0.704. The summed E-state index contributed by atoms with van der Waals surface area (Å²) in [5, 5.41) is 15.2. The predicted molar refractivity (Wildman–Crippen MR) is 121 cm³/mol. The monoisotopic (exact) mass is 429 g/mol. The van der Waals surface area contributed by atoms with Gasteiger partial charge >= 0.3 is 0 Å². The van der Waals surface area contributed by atoms with Crippen molar-refractivity contribution in [1.82, 2.24) is 14.8 Å². The van der Waals surface area contributed by atoms with Crippen molar-refractivity contribution in [2.24, 2.45) is 0 Å². The number of aliphatic hydroxyl groups is 1. The first kappa shape index (κ1) is 21.2. The number of likely N-dealkylation sites (tertiary alicyclic amines) is 1. The Labute approximate surface area is 182 Å². The number of nitrogens with one attached hydrogen (secondary N) is 1. The molecule has 1 amide bonds. The largest absolute Gasteiger partial charge is 0.390 e. The summed E-state index contributed by atoms with van der Waals surface area (Å²) in [6.45, 7) is 7.42. The molecule has 0 saturated carbocycles. The fourth-order valence-corrected chi connectivity index (χ4v) is 4.82. The smallest absolute Gasteiger partial charge is 0.265 e. The van der Waals surface area contributed by atoms with Crippen molar-refractivity contribution >= 4 is 28.7 Å². The van der Waals surface area contributed by atoms with Crippen molar-refractivity contribution in [1.29, 1.82) is 0 Å². The third-order valence-corrected chi connectivity index (χ3v) is 6.70. The fourth-order valence-electron chi connectivity index (χ4n) is 4.20. The number of nitrogens with zero attached hydrogens (tertiary/aromatic N) is 4. The fraction of sp³-hybridized carbons (Fsp3) is 0.545. The van der Waals surface area contributed by atoms with Gasteiger partial charge in [0.15, 0.2) is 0 Å². The summed E-state index contributed by atoms with van der Waals surface area (Å²) in [6.07, 6.45) is 5.28. The normalized spacial score (nSPS) is 19.6. The molecule has 2 aliphatic heterocycles. The summed E-state index contributed by atoms with van der Waals surface area (Å²) >= 11 is 1.42. The molecule has 2 aliphatic rings. The average molecular weight is 430 g/mol. The lowest BCUT2D eigenvalue weighted by Gasteiger charge is -2.37. The molecule has 2 aromatic rings. The number of hydrogen-bond donors (Lipinski definition) is 2. The Morgan fingerprint density at radius 2 is 1.77 bits per heavy atom. The molecule has 2 fully saturated rings. The highest BCUT2D eigenvalue weighted by molar-refractivity contribution is 7.12. The van der Waals surface area contributed by atoms with E-state index in [0.717, 1.165) is 58.2 Å². The molecule has 7 nitrogen and oxygen atoms in total. The van der Waals surface area contributed by atoms with Crippen LogP contribution in [0.2, 0.25) is 0 Å². The number of β-amino-alcohol motifs (C(OH)–C–C–N with tert-alkyl or cyclic N) is 1. The summed E-state index contributed by atoms with van der Waals surface area (Å²) < 4.78 is 0. The van der Waals surface area contributed by atoms with Gasteiger partial charge in [-0.25, -0.2) is 4.98 Å². The van der Waals surface area contributed by atoms with E-state index in [9.17, 15) is 9.90 Å². The van der Waals surface area contributed by atoms with Crippen LogP contribution in [0.3, 0.4) is 0 Å². The lowest BCUT2D eigenvalue weighted by molar-refractivity contribution is 0.0651. The number of anilines is 2. The van der Waals surface area contributed by atoms with Gasteiger partial charge in [-0.3, -0.25) is 9.69 Å². The molecule has 2 N–H and O–H groups in total. The second-order valence-electron chi connectivity index (χ2n) is 8.14. The molecule has 30 heavy (non-hydrogen) atoms. The van der Waals surface area contributed by atoms with E-state index in [4.69, 9.17) is 0 Å². The van der Waals surface area contributed by atoms with Gasteiger partial charge in [-0.15, -0.1) is 11.3 Å². The van der Waals surface area contributed by atoms with Crippen LogP contribution in [0.15, 0.2) is 35.8 Å². The van der Waals surface area contributed by atoms with Crippen molar-refractivity contribution in [2.75, 3.05) is 62.6 Å². The SMILES string of the molecule is O=C(Nc1ccc(N2CCN(CC(O)CN3CCCCC3)CC2)nc1)c1cccs1. The Morgan fingerprint density at radius 3 is 2.40 bits per heavy atom. The Hall–Kier alpha value is -2.00. The summed E-state index contributed by atoms with van der Waals surface area (Å²) in [4.78, 5) is 24.4. The first-order valence-electron chi connectivity index (χ1n) is 10.9. The Balaban J connectivity index is 1.21. The van der Waals surface area contributed by atoms with Crippen molar-refractivity contribution in [3.63, 3.8) is 0 Å². The molecule has 8 heteroatoms. The van der Waals surface area contributed by atoms with Gasteiger partial charge in [0, 0.05) is 39.3 Å². The van der Waals surface area contributed by atoms with Gasteiger partial charge in [0.25, 0.3) is 5.91 Å². The molecule has 1 atom stereocenters. The van der Waals surface area contributed by atoms with E-state index >= 15 is 0 Å². The number of piperazine rings is 1. The molecule has 0 aliphatic carbocycles. The zero-order valence-corrected chi connectivity index (χ0v) is 18.2. The second kappa shape index (κ2) is 10.3. The van der Waals surface area contributed by atoms with Crippen LogP contribution in [-0.4, -0.2) is 84.3 Å². The number of rotatable bonds is 7. The number of amides is 1. The van der Waals surface area contributed by atoms with Crippen molar-refractivity contribution in [3.8, 4) is 0 Å². The van der Waals surface area contributed by atoms with Gasteiger partial charge in [-0.2, -0.15) is 0 Å². The number of piperidine rings is 1. The van der Waals surface area contributed by atoms with Gasteiger partial charge < -0.3 is 20.2 Å². The molecule has 2 saturated heterocycles. The standard InChI is InChI=1S/C22H31N5O2S/c28-19(16-25-8-2-1-3-9-25)17-26-10-12-27(13-11-26)21-7-6-18(15-23-21)24-22(29)20-5-4-14-30-20/h4-7,14-15,19,28H,1-3,8-13,16-17H2,(H,24,29). The Morgan fingerprint density at radius 1 is 1.03 bits per heavy atom. The third kappa shape index (κ3) is 5.78. The number of thiophene rings is 1. The van der Waals surface area contributed by atoms with Crippen molar-refractivity contribution < 1.29 is 9.90 Å². The first-order chi connectivity index (χ1) is 14.7. The number of aromatic nitrogens is 1. The van der Waals surface area contributed by atoms with E-state index in [1.807, 2.05) is 29.6 Å². The number of carbonyl (C=O) groups is 1. The molecule has 0 bridgehead atoms. The summed E-state index contributed by atoms with van der Waals surface area (Å²) in [5.74, 6) is 0.828. The highest BCUT2D eigenvalue weighted by atomic mass is 32.1. The van der Waals surface area contributed by atoms with Gasteiger partial charge in [-0.1, -0.05) is 12.5 Å². The van der Waals surface area contributed by atoms with Crippen LogP contribution in [0.25, 0.3) is 0 Å². The average Bonchev–Trinajstić information content (AvgIpc) is 3.31. The molecule has 4 rings (SSSR count). The zero-order chi connectivity index (χ0) is 20.8. The molecule has 4 heterocycles. The summed E-state index contributed by atoms with van der Waals surface area (Å²) in [6, 6.07) is 7.55. The molecular weight excluding hydrogens is 398 g/mol. The van der Waals surface area contributed by atoms with E-state index in [-0.39, 0.29) is 12.0 Å². The maximum absolute atomic E-state index is 12.1. The number of pyridine rings is 1. The van der Waals surface area contributed by atoms with Crippen LogP contribution in [0.5, 0.6) is 0 Å². The zero-order valence-electron chi connectivity index (χ0n) is 17.4. The van der Waals surface area contributed by atoms with Gasteiger partial charge in [0.05, 0.1) is 22.9 Å². The number of aliphatic hydroxyl groups excluding tert-OH is 1. The molecule has 2 aromatic heterocycles.